The first-order chi connectivity index (χ1) is 12.7. The Bertz CT molecular complexity index is 1110. The van der Waals surface area contributed by atoms with Gasteiger partial charge in [-0.25, -0.2) is 9.37 Å². The molecule has 0 saturated heterocycles. The van der Waals surface area contributed by atoms with Gasteiger partial charge in [0.05, 0.1) is 5.39 Å². The standard InChI is InChI=1S/C19H17FN4S2/c1-11-21-18-16(14-4-2-3-5-15(14)26-18)17-22-23-19(24(11)17)25-10-12-6-8-13(20)9-7-12/h6-9H,2-5,10H2,1H3. The van der Waals surface area contributed by atoms with Crippen LogP contribution in [0.2, 0.25) is 0 Å². The van der Waals surface area contributed by atoms with Crippen molar-refractivity contribution in [1.29, 1.82) is 0 Å². The van der Waals surface area contributed by atoms with Gasteiger partial charge in [-0.2, -0.15) is 0 Å². The molecule has 0 unspecified atom stereocenters. The van der Waals surface area contributed by atoms with E-state index in [4.69, 9.17) is 4.98 Å². The van der Waals surface area contributed by atoms with Gasteiger partial charge < -0.3 is 0 Å². The zero-order valence-corrected chi connectivity index (χ0v) is 16.0. The normalized spacial score (nSPS) is 14.2. The van der Waals surface area contributed by atoms with Crippen LogP contribution in [0.15, 0.2) is 29.4 Å². The Morgan fingerprint density at radius 3 is 2.81 bits per heavy atom. The molecule has 26 heavy (non-hydrogen) atoms. The zero-order chi connectivity index (χ0) is 17.7. The number of aryl methyl sites for hydroxylation is 3. The minimum absolute atomic E-state index is 0.212. The molecule has 4 nitrogen and oxygen atoms in total. The van der Waals surface area contributed by atoms with Crippen molar-refractivity contribution in [3.63, 3.8) is 0 Å². The molecule has 3 heterocycles. The number of hydrogen-bond donors (Lipinski definition) is 0. The number of thiophene rings is 1. The topological polar surface area (TPSA) is 43.1 Å². The third-order valence-electron chi connectivity index (χ3n) is 4.88. The summed E-state index contributed by atoms with van der Waals surface area (Å²) >= 11 is 3.42. The van der Waals surface area contributed by atoms with Gasteiger partial charge in [0.2, 0.25) is 0 Å². The van der Waals surface area contributed by atoms with E-state index in [1.54, 1.807) is 11.8 Å². The van der Waals surface area contributed by atoms with Crippen LogP contribution in [0, 0.1) is 12.7 Å². The van der Waals surface area contributed by atoms with E-state index < -0.39 is 0 Å². The van der Waals surface area contributed by atoms with Crippen molar-refractivity contribution >= 4 is 39.0 Å². The fraction of sp³-hybridized carbons (Fsp3) is 0.316. The largest absolute Gasteiger partial charge is 0.257 e. The quantitative estimate of drug-likeness (QED) is 0.468. The molecule has 7 heteroatoms. The van der Waals surface area contributed by atoms with E-state index in [2.05, 4.69) is 14.6 Å². The van der Waals surface area contributed by atoms with Crippen LogP contribution in [0.25, 0.3) is 15.9 Å². The summed E-state index contributed by atoms with van der Waals surface area (Å²) in [4.78, 5) is 7.40. The van der Waals surface area contributed by atoms with E-state index >= 15 is 0 Å². The zero-order valence-electron chi connectivity index (χ0n) is 14.3. The highest BCUT2D eigenvalue weighted by atomic mass is 32.2. The second kappa shape index (κ2) is 6.32. The predicted octanol–water partition coefficient (Wildman–Crippen LogP) is 4.96. The van der Waals surface area contributed by atoms with Gasteiger partial charge in [0.25, 0.3) is 0 Å². The lowest BCUT2D eigenvalue weighted by molar-refractivity contribution is 0.627. The maximum absolute atomic E-state index is 13.1. The summed E-state index contributed by atoms with van der Waals surface area (Å²) in [7, 11) is 0. The smallest absolute Gasteiger partial charge is 0.197 e. The highest BCUT2D eigenvalue weighted by Crippen LogP contribution is 2.38. The molecule has 1 aromatic carbocycles. The highest BCUT2D eigenvalue weighted by Gasteiger charge is 2.22. The van der Waals surface area contributed by atoms with Gasteiger partial charge >= 0.3 is 0 Å². The van der Waals surface area contributed by atoms with Crippen molar-refractivity contribution < 1.29 is 4.39 Å². The Labute approximate surface area is 158 Å². The molecular weight excluding hydrogens is 367 g/mol. The summed E-state index contributed by atoms with van der Waals surface area (Å²) in [6, 6.07) is 6.60. The van der Waals surface area contributed by atoms with Crippen LogP contribution in [0.4, 0.5) is 4.39 Å². The second-order valence-electron chi connectivity index (χ2n) is 6.61. The number of fused-ring (bicyclic) bond motifs is 5. The number of rotatable bonds is 3. The Morgan fingerprint density at radius 2 is 1.96 bits per heavy atom. The van der Waals surface area contributed by atoms with Crippen LogP contribution in [0.1, 0.15) is 34.7 Å². The number of aromatic nitrogens is 4. The fourth-order valence-corrected chi connectivity index (χ4v) is 5.84. The molecule has 4 aromatic rings. The number of nitrogens with zero attached hydrogens (tertiary/aromatic N) is 4. The van der Waals surface area contributed by atoms with Crippen LogP contribution in [-0.2, 0) is 18.6 Å². The van der Waals surface area contributed by atoms with Crippen molar-refractivity contribution in [2.75, 3.05) is 0 Å². The van der Waals surface area contributed by atoms with Gasteiger partial charge in [-0.05, 0) is 55.9 Å². The van der Waals surface area contributed by atoms with E-state index in [9.17, 15) is 4.39 Å². The summed E-state index contributed by atoms with van der Waals surface area (Å²) in [5.74, 6) is 1.43. The van der Waals surface area contributed by atoms with E-state index in [1.807, 2.05) is 30.4 Å². The first-order valence-corrected chi connectivity index (χ1v) is 10.5. The first kappa shape index (κ1) is 16.2. The average Bonchev–Trinajstić information content (AvgIpc) is 3.22. The van der Waals surface area contributed by atoms with Gasteiger partial charge in [-0.1, -0.05) is 23.9 Å². The average molecular weight is 385 g/mol. The molecule has 0 amide bonds. The number of benzene rings is 1. The number of thioether (sulfide) groups is 1. The molecule has 0 radical (unpaired) electrons. The van der Waals surface area contributed by atoms with E-state index in [0.29, 0.717) is 0 Å². The minimum Gasteiger partial charge on any atom is -0.257 e. The van der Waals surface area contributed by atoms with Gasteiger partial charge in [0.1, 0.15) is 16.5 Å². The molecule has 132 valence electrons. The molecule has 0 atom stereocenters. The van der Waals surface area contributed by atoms with Crippen molar-refractivity contribution in [2.45, 2.75) is 43.5 Å². The van der Waals surface area contributed by atoms with Crippen molar-refractivity contribution in [2.24, 2.45) is 0 Å². The minimum atomic E-state index is -0.212. The Kier molecular flexibility index (Phi) is 3.94. The third kappa shape index (κ3) is 2.61. The molecule has 0 bridgehead atoms. The molecular formula is C19H17FN4S2. The van der Waals surface area contributed by atoms with Crippen LogP contribution < -0.4 is 0 Å². The molecule has 1 aliphatic rings. The fourth-order valence-electron chi connectivity index (χ4n) is 3.60. The Hall–Kier alpha value is -1.99. The van der Waals surface area contributed by atoms with E-state index in [0.717, 1.165) is 45.6 Å². The van der Waals surface area contributed by atoms with Crippen LogP contribution >= 0.6 is 23.1 Å². The summed E-state index contributed by atoms with van der Waals surface area (Å²) in [6.07, 6.45) is 4.77. The lowest BCUT2D eigenvalue weighted by atomic mass is 9.97. The maximum atomic E-state index is 13.1. The lowest BCUT2D eigenvalue weighted by Gasteiger charge is -2.10. The van der Waals surface area contributed by atoms with Gasteiger partial charge in [0.15, 0.2) is 10.8 Å². The lowest BCUT2D eigenvalue weighted by Crippen LogP contribution is -2.01. The molecule has 1 aliphatic carbocycles. The molecule has 0 saturated carbocycles. The highest BCUT2D eigenvalue weighted by molar-refractivity contribution is 7.98. The summed E-state index contributed by atoms with van der Waals surface area (Å²) in [5.41, 5.74) is 3.41. The maximum Gasteiger partial charge on any atom is 0.197 e. The molecule has 5 rings (SSSR count). The van der Waals surface area contributed by atoms with Crippen molar-refractivity contribution in [3.8, 4) is 0 Å². The molecule has 0 N–H and O–H groups in total. The van der Waals surface area contributed by atoms with Crippen LogP contribution in [0.3, 0.4) is 0 Å². The molecule has 0 spiro atoms. The number of hydrogen-bond acceptors (Lipinski definition) is 5. The molecule has 0 aliphatic heterocycles. The van der Waals surface area contributed by atoms with Gasteiger partial charge in [0, 0.05) is 10.6 Å². The Morgan fingerprint density at radius 1 is 1.15 bits per heavy atom. The van der Waals surface area contributed by atoms with Crippen molar-refractivity contribution in [1.82, 2.24) is 19.6 Å². The van der Waals surface area contributed by atoms with E-state index in [1.165, 1.54) is 40.8 Å². The summed E-state index contributed by atoms with van der Waals surface area (Å²) < 4.78 is 15.1. The number of halogens is 1. The molecule has 3 aromatic heterocycles. The Balaban J connectivity index is 1.58. The SMILES string of the molecule is Cc1nc2sc3c(c2c2nnc(SCc4ccc(F)cc4)n12)CCCC3. The summed E-state index contributed by atoms with van der Waals surface area (Å²) in [5, 5.41) is 11.0. The van der Waals surface area contributed by atoms with Gasteiger partial charge in [-0.15, -0.1) is 21.5 Å². The second-order valence-corrected chi connectivity index (χ2v) is 8.63. The first-order valence-electron chi connectivity index (χ1n) is 8.74. The molecule has 0 fully saturated rings. The van der Waals surface area contributed by atoms with E-state index in [-0.39, 0.29) is 5.82 Å². The summed E-state index contributed by atoms with van der Waals surface area (Å²) in [6.45, 7) is 2.01. The van der Waals surface area contributed by atoms with Crippen LogP contribution in [0.5, 0.6) is 0 Å². The monoisotopic (exact) mass is 384 g/mol. The van der Waals surface area contributed by atoms with Crippen LogP contribution in [-0.4, -0.2) is 19.6 Å². The van der Waals surface area contributed by atoms with Gasteiger partial charge in [-0.3, -0.25) is 4.40 Å². The van der Waals surface area contributed by atoms with Crippen molar-refractivity contribution in [3.05, 3.63) is 51.9 Å². The third-order valence-corrected chi connectivity index (χ3v) is 7.06. The predicted molar refractivity (Wildman–Crippen MR) is 104 cm³/mol.